The summed E-state index contributed by atoms with van der Waals surface area (Å²) in [5.74, 6) is -0.556. The van der Waals surface area contributed by atoms with E-state index >= 15 is 0 Å². The molecular weight excluding hydrogens is 593 g/mol. The average Bonchev–Trinajstić information content (AvgIpc) is 3.69. The van der Waals surface area contributed by atoms with Crippen molar-refractivity contribution in [2.75, 3.05) is 18.4 Å². The first-order valence-electron chi connectivity index (χ1n) is 14.2. The molecule has 2 amide bonds. The number of halogens is 3. The molecule has 1 aromatic carbocycles. The van der Waals surface area contributed by atoms with Crippen LogP contribution in [0.3, 0.4) is 0 Å². The van der Waals surface area contributed by atoms with Gasteiger partial charge in [0.15, 0.2) is 17.2 Å². The number of aromatic nitrogens is 5. The Kier molecular flexibility index (Phi) is 8.75. The van der Waals surface area contributed by atoms with Crippen LogP contribution in [0, 0.1) is 11.3 Å². The van der Waals surface area contributed by atoms with Crippen LogP contribution in [0.15, 0.2) is 43.0 Å². The van der Waals surface area contributed by atoms with Crippen molar-refractivity contribution in [3.05, 3.63) is 59.8 Å². The van der Waals surface area contributed by atoms with Gasteiger partial charge in [-0.1, -0.05) is 6.92 Å². The average molecular weight is 625 g/mol. The number of hydrogen-bond acceptors (Lipinski definition) is 9. The molecule has 4 heterocycles. The smallest absolute Gasteiger partial charge is 0.392 e. The van der Waals surface area contributed by atoms with Gasteiger partial charge in [-0.3, -0.25) is 23.6 Å². The van der Waals surface area contributed by atoms with E-state index in [-0.39, 0.29) is 47.6 Å². The molecule has 5 rings (SSSR count). The number of nitrogens with two attached hydrogens (primary N) is 1. The fraction of sp³-hybridized carbons (Fsp3) is 0.379. The predicted octanol–water partition coefficient (Wildman–Crippen LogP) is 2.48. The van der Waals surface area contributed by atoms with Gasteiger partial charge in [0, 0.05) is 49.0 Å². The largest absolute Gasteiger partial charge is 0.435 e. The number of likely N-dealkylation sites (tertiary alicyclic amines) is 1. The number of carbonyl (C=O) groups is 2. The highest BCUT2D eigenvalue weighted by Gasteiger charge is 2.38. The number of fused-ring (bicyclic) bond motifs is 1. The number of nitriles is 1. The number of primary amides is 1. The number of β-amino-alcohol motifs (C(OH)–C–C–N with tert-alkyl or cyclic N) is 1. The molecule has 2 unspecified atom stereocenters. The molecule has 0 saturated carbocycles. The molecule has 1 aliphatic rings. The number of aliphatic hydroxyl groups excluding tert-OH is 1. The fourth-order valence-electron chi connectivity index (χ4n) is 5.58. The number of aliphatic hydroxyl groups is 1. The monoisotopic (exact) mass is 624 g/mol. The number of nitrogens with zero attached hydrogens (tertiary/aromatic N) is 7. The zero-order valence-corrected chi connectivity index (χ0v) is 24.4. The highest BCUT2D eigenvalue weighted by Crippen LogP contribution is 2.37. The van der Waals surface area contributed by atoms with Gasteiger partial charge in [-0.15, -0.1) is 0 Å². The lowest BCUT2D eigenvalue weighted by Gasteiger charge is -2.26. The van der Waals surface area contributed by atoms with Crippen molar-refractivity contribution in [2.24, 2.45) is 5.73 Å². The molecule has 0 aliphatic carbocycles. The zero-order valence-electron chi connectivity index (χ0n) is 24.4. The second-order valence-electron chi connectivity index (χ2n) is 10.8. The molecule has 1 fully saturated rings. The van der Waals surface area contributed by atoms with Crippen LogP contribution in [0.2, 0.25) is 0 Å². The molecule has 4 aromatic rings. The summed E-state index contributed by atoms with van der Waals surface area (Å²) in [6, 6.07) is 5.98. The summed E-state index contributed by atoms with van der Waals surface area (Å²) in [6.07, 6.45) is 0.708. The minimum absolute atomic E-state index is 0.118. The quantitative estimate of drug-likeness (QED) is 0.206. The third kappa shape index (κ3) is 6.59. The van der Waals surface area contributed by atoms with E-state index < -0.39 is 29.9 Å². The predicted molar refractivity (Wildman–Crippen MR) is 156 cm³/mol. The van der Waals surface area contributed by atoms with Crippen LogP contribution in [-0.4, -0.2) is 77.2 Å². The Morgan fingerprint density at radius 2 is 2.07 bits per heavy atom. The third-order valence-corrected chi connectivity index (χ3v) is 7.56. The van der Waals surface area contributed by atoms with Gasteiger partial charge >= 0.3 is 6.18 Å². The van der Waals surface area contributed by atoms with Crippen LogP contribution >= 0.6 is 0 Å². The topological polar surface area (TPSA) is 179 Å². The molecule has 0 radical (unpaired) electrons. The molecule has 45 heavy (non-hydrogen) atoms. The highest BCUT2D eigenvalue weighted by atomic mass is 19.4. The Hall–Kier alpha value is -5.01. The molecular formula is C29H31F3N10O3. The molecule has 0 spiro atoms. The molecule has 13 nitrogen and oxygen atoms in total. The summed E-state index contributed by atoms with van der Waals surface area (Å²) >= 11 is 0. The van der Waals surface area contributed by atoms with E-state index in [2.05, 4.69) is 25.7 Å². The summed E-state index contributed by atoms with van der Waals surface area (Å²) in [5, 5.41) is 28.5. The zero-order chi connectivity index (χ0) is 32.5. The number of hydrogen-bond donors (Lipinski definition) is 4. The lowest BCUT2D eigenvalue weighted by Crippen LogP contribution is -2.47. The fourth-order valence-corrected chi connectivity index (χ4v) is 5.58. The SMILES string of the molecule is CCc1cc(Nc2nccn3c(-c4cn(CC#N)nc4C(F)(F)F)cnc23)ccc1C(=O)N[C@H](C)CN1CC(O)CC1C(N)=O. The Morgan fingerprint density at radius 1 is 1.29 bits per heavy atom. The Bertz CT molecular complexity index is 1780. The first-order chi connectivity index (χ1) is 21.4. The lowest BCUT2D eigenvalue weighted by molar-refractivity contribution is -0.141. The molecule has 3 aromatic heterocycles. The normalized spacial score (nSPS) is 17.7. The Balaban J connectivity index is 1.35. The standard InChI is InChI=1S/C29H31F3N10O3/c1-3-17-10-18(4-5-20(17)28(45)37-16(2)13-40-14-19(43)11-22(40)25(34)44)38-26-27-36-12-23(42(27)9-7-35-26)21-15-41(8-6-33)39-24(21)29(30,31)32/h4-5,7,9-10,12,15-16,19,22,43H,3,8,11,13-14H2,1-2H3,(H2,34,44)(H,35,38)(H,37,45)/t16-,19?,22?/m1/s1. The second-order valence-corrected chi connectivity index (χ2v) is 10.8. The van der Waals surface area contributed by atoms with E-state index in [1.165, 1.54) is 23.0 Å². The number of carbonyl (C=O) groups excluding carboxylic acids is 2. The van der Waals surface area contributed by atoms with Gasteiger partial charge in [0.25, 0.3) is 5.91 Å². The molecule has 3 atom stereocenters. The van der Waals surface area contributed by atoms with Gasteiger partial charge in [0.05, 0.1) is 35.7 Å². The minimum atomic E-state index is -4.75. The van der Waals surface area contributed by atoms with Crippen LogP contribution in [0.4, 0.5) is 24.7 Å². The minimum Gasteiger partial charge on any atom is -0.392 e. The Morgan fingerprint density at radius 3 is 2.76 bits per heavy atom. The van der Waals surface area contributed by atoms with Crippen molar-refractivity contribution in [3.63, 3.8) is 0 Å². The molecule has 5 N–H and O–H groups in total. The highest BCUT2D eigenvalue weighted by molar-refractivity contribution is 5.96. The van der Waals surface area contributed by atoms with Crippen molar-refractivity contribution >= 4 is 29.0 Å². The van der Waals surface area contributed by atoms with Crippen LogP contribution in [-0.2, 0) is 23.9 Å². The van der Waals surface area contributed by atoms with E-state index in [0.29, 0.717) is 30.8 Å². The molecule has 16 heteroatoms. The number of anilines is 2. The number of nitrogens with one attached hydrogen (secondary N) is 2. The van der Waals surface area contributed by atoms with E-state index in [0.717, 1.165) is 16.4 Å². The second kappa shape index (κ2) is 12.5. The van der Waals surface area contributed by atoms with Crippen molar-refractivity contribution in [3.8, 4) is 17.3 Å². The van der Waals surface area contributed by atoms with E-state index in [9.17, 15) is 27.9 Å². The first kappa shape index (κ1) is 31.4. The van der Waals surface area contributed by atoms with Crippen molar-refractivity contribution in [1.82, 2.24) is 34.4 Å². The van der Waals surface area contributed by atoms with E-state index in [1.54, 1.807) is 36.1 Å². The van der Waals surface area contributed by atoms with Gasteiger partial charge in [-0.2, -0.15) is 23.5 Å². The number of benzene rings is 1. The summed E-state index contributed by atoms with van der Waals surface area (Å²) in [5.41, 5.74) is 6.23. The molecule has 1 aliphatic heterocycles. The summed E-state index contributed by atoms with van der Waals surface area (Å²) in [4.78, 5) is 35.3. The van der Waals surface area contributed by atoms with Crippen LogP contribution in [0.25, 0.3) is 16.9 Å². The number of rotatable bonds is 10. The number of amides is 2. The maximum atomic E-state index is 13.8. The van der Waals surface area contributed by atoms with Gasteiger partial charge in [0.1, 0.15) is 6.54 Å². The summed E-state index contributed by atoms with van der Waals surface area (Å²) < 4.78 is 43.7. The van der Waals surface area contributed by atoms with Crippen molar-refractivity contribution in [1.29, 1.82) is 5.26 Å². The van der Waals surface area contributed by atoms with Gasteiger partial charge in [-0.25, -0.2) is 9.97 Å². The van der Waals surface area contributed by atoms with E-state index in [1.807, 2.05) is 6.92 Å². The van der Waals surface area contributed by atoms with Crippen LogP contribution in [0.5, 0.6) is 0 Å². The summed E-state index contributed by atoms with van der Waals surface area (Å²) in [6.45, 7) is 3.98. The summed E-state index contributed by atoms with van der Waals surface area (Å²) in [7, 11) is 0. The number of imidazole rings is 1. The van der Waals surface area contributed by atoms with Crippen molar-refractivity contribution in [2.45, 2.75) is 57.6 Å². The maximum absolute atomic E-state index is 13.8. The van der Waals surface area contributed by atoms with Gasteiger partial charge < -0.3 is 21.5 Å². The maximum Gasteiger partial charge on any atom is 0.435 e. The molecule has 1 saturated heterocycles. The first-order valence-corrected chi connectivity index (χ1v) is 14.2. The van der Waals surface area contributed by atoms with Crippen LogP contribution < -0.4 is 16.4 Å². The third-order valence-electron chi connectivity index (χ3n) is 7.56. The van der Waals surface area contributed by atoms with E-state index in [4.69, 9.17) is 11.0 Å². The lowest BCUT2D eigenvalue weighted by atomic mass is 10.0. The van der Waals surface area contributed by atoms with Crippen LogP contribution in [0.1, 0.15) is 41.9 Å². The molecule has 236 valence electrons. The Labute approximate surface area is 255 Å². The molecule has 0 bridgehead atoms. The van der Waals surface area contributed by atoms with Crippen molar-refractivity contribution < 1.29 is 27.9 Å². The number of alkyl halides is 3. The van der Waals surface area contributed by atoms with Gasteiger partial charge in [-0.05, 0) is 43.5 Å². The number of aryl methyl sites for hydroxylation is 1. The van der Waals surface area contributed by atoms with Gasteiger partial charge in [0.2, 0.25) is 5.91 Å².